The van der Waals surface area contributed by atoms with Crippen molar-refractivity contribution in [3.8, 4) is 5.88 Å². The van der Waals surface area contributed by atoms with Crippen molar-refractivity contribution in [1.29, 1.82) is 0 Å². The second-order valence-corrected chi connectivity index (χ2v) is 6.01. The van der Waals surface area contributed by atoms with Gasteiger partial charge >= 0.3 is 5.97 Å². The van der Waals surface area contributed by atoms with Gasteiger partial charge in [-0.25, -0.2) is 9.78 Å². The van der Waals surface area contributed by atoms with E-state index in [-0.39, 0.29) is 12.0 Å². The fourth-order valence-corrected chi connectivity index (χ4v) is 3.01. The number of carbonyl (C=O) groups is 2. The molecule has 24 heavy (non-hydrogen) atoms. The quantitative estimate of drug-likeness (QED) is 0.835. The van der Waals surface area contributed by atoms with E-state index >= 15 is 0 Å². The van der Waals surface area contributed by atoms with Crippen LogP contribution in [0.25, 0.3) is 0 Å². The van der Waals surface area contributed by atoms with E-state index in [4.69, 9.17) is 14.2 Å². The molecule has 0 bridgehead atoms. The molecule has 0 radical (unpaired) electrons. The van der Waals surface area contributed by atoms with Gasteiger partial charge < -0.3 is 19.5 Å². The summed E-state index contributed by atoms with van der Waals surface area (Å²) in [6.07, 6.45) is 2.27. The molecule has 0 spiro atoms. The Kier molecular flexibility index (Phi) is 5.07. The van der Waals surface area contributed by atoms with Crippen LogP contribution in [0.3, 0.4) is 0 Å². The van der Waals surface area contributed by atoms with Crippen LogP contribution >= 0.6 is 11.3 Å². The van der Waals surface area contributed by atoms with Gasteiger partial charge in [0.25, 0.3) is 5.91 Å². The SMILES string of the molecule is COC(=O)c1sccc1NC(=O)c1ccnc(OC2CCOC2)c1. The molecule has 7 nitrogen and oxygen atoms in total. The van der Waals surface area contributed by atoms with Gasteiger partial charge in [0.15, 0.2) is 0 Å². The summed E-state index contributed by atoms with van der Waals surface area (Å²) < 4.78 is 15.6. The maximum Gasteiger partial charge on any atom is 0.350 e. The largest absolute Gasteiger partial charge is 0.472 e. The third-order valence-corrected chi connectivity index (χ3v) is 4.35. The Morgan fingerprint density at radius 3 is 3.04 bits per heavy atom. The summed E-state index contributed by atoms with van der Waals surface area (Å²) in [7, 11) is 1.30. The van der Waals surface area contributed by atoms with Crippen molar-refractivity contribution in [2.75, 3.05) is 25.6 Å². The molecular formula is C16H16N2O5S. The number of rotatable bonds is 5. The monoisotopic (exact) mass is 348 g/mol. The van der Waals surface area contributed by atoms with Crippen LogP contribution in [-0.4, -0.2) is 43.3 Å². The minimum absolute atomic E-state index is 0.0430. The fraction of sp³-hybridized carbons (Fsp3) is 0.312. The molecule has 0 saturated carbocycles. The molecule has 1 aliphatic rings. The van der Waals surface area contributed by atoms with Gasteiger partial charge in [0.1, 0.15) is 11.0 Å². The highest BCUT2D eigenvalue weighted by molar-refractivity contribution is 7.12. The van der Waals surface area contributed by atoms with Crippen molar-refractivity contribution in [3.05, 3.63) is 40.2 Å². The molecule has 3 rings (SSSR count). The van der Waals surface area contributed by atoms with Crippen LogP contribution in [0.4, 0.5) is 5.69 Å². The standard InChI is InChI=1S/C16H16N2O5S/c1-21-16(20)14-12(4-7-24-14)18-15(19)10-2-5-17-13(8-10)23-11-3-6-22-9-11/h2,4-5,7-8,11H,3,6,9H2,1H3,(H,18,19). The normalized spacial score (nSPS) is 16.6. The molecule has 126 valence electrons. The van der Waals surface area contributed by atoms with Crippen LogP contribution in [-0.2, 0) is 9.47 Å². The Labute approximate surface area is 142 Å². The molecule has 1 saturated heterocycles. The third kappa shape index (κ3) is 3.72. The molecule has 1 aliphatic heterocycles. The number of hydrogen-bond acceptors (Lipinski definition) is 7. The van der Waals surface area contributed by atoms with Crippen molar-refractivity contribution in [2.24, 2.45) is 0 Å². The Balaban J connectivity index is 1.71. The molecule has 2 aromatic rings. The van der Waals surface area contributed by atoms with Crippen LogP contribution < -0.4 is 10.1 Å². The van der Waals surface area contributed by atoms with Crippen molar-refractivity contribution in [1.82, 2.24) is 4.98 Å². The van der Waals surface area contributed by atoms with Gasteiger partial charge in [-0.1, -0.05) is 0 Å². The number of hydrogen-bond donors (Lipinski definition) is 1. The van der Waals surface area contributed by atoms with Crippen LogP contribution in [0, 0.1) is 0 Å². The summed E-state index contributed by atoms with van der Waals surface area (Å²) in [5.74, 6) is -0.467. The lowest BCUT2D eigenvalue weighted by molar-refractivity contribution is 0.0607. The molecule has 1 fully saturated rings. The van der Waals surface area contributed by atoms with E-state index in [1.807, 2.05) is 0 Å². The number of carbonyl (C=O) groups excluding carboxylic acids is 2. The van der Waals surface area contributed by atoms with Gasteiger partial charge in [-0.3, -0.25) is 4.79 Å². The average molecular weight is 348 g/mol. The van der Waals surface area contributed by atoms with Gasteiger partial charge in [-0.15, -0.1) is 11.3 Å². The van der Waals surface area contributed by atoms with Crippen LogP contribution in [0.2, 0.25) is 0 Å². The highest BCUT2D eigenvalue weighted by atomic mass is 32.1. The number of thiophene rings is 1. The highest BCUT2D eigenvalue weighted by Crippen LogP contribution is 2.24. The Morgan fingerprint density at radius 1 is 1.42 bits per heavy atom. The number of aromatic nitrogens is 1. The zero-order valence-corrected chi connectivity index (χ0v) is 13.8. The number of nitrogens with one attached hydrogen (secondary N) is 1. The Hall–Kier alpha value is -2.45. The average Bonchev–Trinajstić information content (AvgIpc) is 3.26. The van der Waals surface area contributed by atoms with Gasteiger partial charge in [0.05, 0.1) is 26.0 Å². The van der Waals surface area contributed by atoms with Crippen molar-refractivity contribution in [3.63, 3.8) is 0 Å². The second-order valence-electron chi connectivity index (χ2n) is 5.10. The van der Waals surface area contributed by atoms with Crippen molar-refractivity contribution < 1.29 is 23.8 Å². The number of nitrogens with zero attached hydrogens (tertiary/aromatic N) is 1. The Morgan fingerprint density at radius 2 is 2.29 bits per heavy atom. The predicted molar refractivity (Wildman–Crippen MR) is 87.7 cm³/mol. The summed E-state index contributed by atoms with van der Waals surface area (Å²) in [4.78, 5) is 28.5. The molecule has 1 amide bonds. The first kappa shape index (κ1) is 16.4. The lowest BCUT2D eigenvalue weighted by Gasteiger charge is -2.11. The lowest BCUT2D eigenvalue weighted by atomic mass is 10.2. The summed E-state index contributed by atoms with van der Waals surface area (Å²) in [5, 5.41) is 4.42. The zero-order valence-electron chi connectivity index (χ0n) is 13.0. The van der Waals surface area contributed by atoms with E-state index in [1.54, 1.807) is 23.6 Å². The first-order chi connectivity index (χ1) is 11.7. The molecule has 2 aromatic heterocycles. The van der Waals surface area contributed by atoms with Gasteiger partial charge in [0.2, 0.25) is 5.88 Å². The topological polar surface area (TPSA) is 86.8 Å². The summed E-state index contributed by atoms with van der Waals surface area (Å²) in [6.45, 7) is 1.19. The van der Waals surface area contributed by atoms with Crippen molar-refractivity contribution >= 4 is 28.9 Å². The highest BCUT2D eigenvalue weighted by Gasteiger charge is 2.19. The molecule has 1 unspecified atom stereocenters. The second kappa shape index (κ2) is 7.41. The van der Waals surface area contributed by atoms with E-state index in [0.717, 1.165) is 6.42 Å². The van der Waals surface area contributed by atoms with Crippen LogP contribution in [0.5, 0.6) is 5.88 Å². The summed E-state index contributed by atoms with van der Waals surface area (Å²) >= 11 is 1.20. The third-order valence-electron chi connectivity index (χ3n) is 3.46. The van der Waals surface area contributed by atoms with Gasteiger partial charge in [-0.2, -0.15) is 0 Å². The molecule has 8 heteroatoms. The number of esters is 1. The summed E-state index contributed by atoms with van der Waals surface area (Å²) in [6, 6.07) is 4.80. The van der Waals surface area contributed by atoms with Crippen LogP contribution in [0.1, 0.15) is 26.5 Å². The molecule has 0 aromatic carbocycles. The van der Waals surface area contributed by atoms with Crippen LogP contribution in [0.15, 0.2) is 29.8 Å². The predicted octanol–water partition coefficient (Wildman–Crippen LogP) is 2.35. The van der Waals surface area contributed by atoms with Gasteiger partial charge in [0, 0.05) is 24.2 Å². The van der Waals surface area contributed by atoms with Gasteiger partial charge in [-0.05, 0) is 17.5 Å². The molecule has 3 heterocycles. The number of amides is 1. The minimum Gasteiger partial charge on any atom is -0.472 e. The molecular weight excluding hydrogens is 332 g/mol. The smallest absolute Gasteiger partial charge is 0.350 e. The Bertz CT molecular complexity index is 740. The number of anilines is 1. The van der Waals surface area contributed by atoms with E-state index in [0.29, 0.717) is 35.2 Å². The first-order valence-corrected chi connectivity index (χ1v) is 8.23. The maximum absolute atomic E-state index is 12.4. The van der Waals surface area contributed by atoms with E-state index in [1.165, 1.54) is 24.6 Å². The van der Waals surface area contributed by atoms with E-state index in [9.17, 15) is 9.59 Å². The van der Waals surface area contributed by atoms with E-state index < -0.39 is 5.97 Å². The fourth-order valence-electron chi connectivity index (χ4n) is 2.24. The van der Waals surface area contributed by atoms with Crippen molar-refractivity contribution in [2.45, 2.75) is 12.5 Å². The zero-order chi connectivity index (χ0) is 16.9. The molecule has 0 aliphatic carbocycles. The minimum atomic E-state index is -0.486. The maximum atomic E-state index is 12.4. The summed E-state index contributed by atoms with van der Waals surface area (Å²) in [5.41, 5.74) is 0.807. The van der Waals surface area contributed by atoms with E-state index in [2.05, 4.69) is 10.3 Å². The molecule has 1 N–H and O–H groups in total. The molecule has 1 atom stereocenters. The first-order valence-electron chi connectivity index (χ1n) is 7.35. The number of pyridine rings is 1. The number of methoxy groups -OCH3 is 1. The number of ether oxygens (including phenoxy) is 3. The lowest BCUT2D eigenvalue weighted by Crippen LogP contribution is -2.18.